The average Bonchev–Trinajstić information content (AvgIpc) is 3.91. The van der Waals surface area contributed by atoms with Crippen LogP contribution in [0.2, 0.25) is 0 Å². The van der Waals surface area contributed by atoms with E-state index in [0.717, 1.165) is 11.1 Å². The van der Waals surface area contributed by atoms with Gasteiger partial charge in [0.25, 0.3) is 0 Å². The number of hydrogen-bond acceptors (Lipinski definition) is 10. The average molecular weight is 835 g/mol. The number of benzene rings is 2. The van der Waals surface area contributed by atoms with Crippen LogP contribution in [-0.2, 0) is 28.5 Å². The van der Waals surface area contributed by atoms with Crippen molar-refractivity contribution in [3.8, 4) is 58.9 Å². The van der Waals surface area contributed by atoms with Gasteiger partial charge in [-0.3, -0.25) is 0 Å². The summed E-state index contributed by atoms with van der Waals surface area (Å²) >= 11 is 0. The molecule has 0 saturated heterocycles. The van der Waals surface area contributed by atoms with E-state index in [-0.39, 0.29) is 37.6 Å². The predicted molar refractivity (Wildman–Crippen MR) is 234 cm³/mol. The minimum Gasteiger partial charge on any atom is -0.490 e. The molecule has 0 aliphatic heterocycles. The fourth-order valence-electron chi connectivity index (χ4n) is 5.60. The maximum absolute atomic E-state index is 11.7. The molecule has 61 heavy (non-hydrogen) atoms. The molecular weight excluding hydrogens is 777 g/mol. The predicted octanol–water partition coefficient (Wildman–Crippen LogP) is 7.49. The van der Waals surface area contributed by atoms with Gasteiger partial charge in [-0.1, -0.05) is 68.4 Å². The second-order valence-electron chi connectivity index (χ2n) is 14.1. The second-order valence-corrected chi connectivity index (χ2v) is 14.1. The highest BCUT2D eigenvalue weighted by atomic mass is 16.6. The van der Waals surface area contributed by atoms with Gasteiger partial charge in [0.05, 0.1) is 0 Å². The van der Waals surface area contributed by atoms with Crippen molar-refractivity contribution in [2.24, 2.45) is 11.8 Å². The highest BCUT2D eigenvalue weighted by Crippen LogP contribution is 2.43. The number of carbonyl (C=O) groups excluding carboxylic acids is 4. The van der Waals surface area contributed by atoms with Crippen LogP contribution in [0.5, 0.6) is 11.5 Å². The second kappa shape index (κ2) is 29.4. The molecule has 2 N–H and O–H groups in total. The monoisotopic (exact) mass is 834 g/mol. The molecule has 2 aliphatic carbocycles. The van der Waals surface area contributed by atoms with Gasteiger partial charge in [0.2, 0.25) is 0 Å². The third-order valence-electron chi connectivity index (χ3n) is 8.71. The Hall–Kier alpha value is -6.76. The van der Waals surface area contributed by atoms with Crippen LogP contribution >= 0.6 is 0 Å². The maximum Gasteiger partial charge on any atom is 0.407 e. The lowest BCUT2D eigenvalue weighted by atomic mass is 10.0. The molecule has 2 atom stereocenters. The van der Waals surface area contributed by atoms with Crippen LogP contribution in [0, 0.1) is 66.1 Å². The zero-order valence-electron chi connectivity index (χ0n) is 36.2. The Morgan fingerprint density at radius 2 is 1.05 bits per heavy atom. The van der Waals surface area contributed by atoms with Crippen molar-refractivity contribution in [1.29, 1.82) is 0 Å². The molecular formula is C49H58N2O10. The highest BCUT2D eigenvalue weighted by molar-refractivity contribution is 5.87. The zero-order valence-corrected chi connectivity index (χ0v) is 36.2. The number of rotatable bonds is 16. The molecule has 12 nitrogen and oxygen atoms in total. The van der Waals surface area contributed by atoms with E-state index in [1.54, 1.807) is 84.1 Å². The number of esters is 2. The summed E-state index contributed by atoms with van der Waals surface area (Å²) in [5, 5.41) is 5.03. The molecule has 0 heterocycles. The summed E-state index contributed by atoms with van der Waals surface area (Å²) in [5.41, 5.74) is 2.39. The normalized spacial score (nSPS) is 14.5. The van der Waals surface area contributed by atoms with E-state index < -0.39 is 36.3 Å². The van der Waals surface area contributed by atoms with Crippen LogP contribution in [0.3, 0.4) is 0 Å². The number of alkyl carbamates (subject to hydrolysis) is 2. The molecule has 2 aliphatic rings. The molecule has 2 aromatic carbocycles. The Kier molecular flexibility index (Phi) is 24.3. The van der Waals surface area contributed by atoms with Crippen LogP contribution in [0.25, 0.3) is 0 Å². The molecule has 2 unspecified atom stereocenters. The van der Waals surface area contributed by atoms with Crippen molar-refractivity contribution in [3.63, 3.8) is 0 Å². The molecule has 4 rings (SSSR count). The molecule has 0 aromatic heterocycles. The summed E-state index contributed by atoms with van der Waals surface area (Å²) in [6.45, 7) is 18.0. The fraction of sp³-hybridized carbons (Fsp3) is 0.429. The molecule has 2 fully saturated rings. The van der Waals surface area contributed by atoms with E-state index in [0.29, 0.717) is 24.6 Å². The SMILES string of the molecule is C1CC2CCC1C2.C=C(C)C(=O)OCC(COc1ccc(C#CC#CC#CC#CC)cc1)OC(=O)NCC.C=C(C)C(=O)OCC(COc1ccc(C)cc1)OC(=O)NCC. The Balaban J connectivity index is 0.000000369. The summed E-state index contributed by atoms with van der Waals surface area (Å²) in [5.74, 6) is 23.6. The molecule has 0 spiro atoms. The Labute approximate surface area is 361 Å². The van der Waals surface area contributed by atoms with Gasteiger partial charge in [-0.2, -0.15) is 0 Å². The third kappa shape index (κ3) is 22.8. The molecule has 12 heteroatoms. The van der Waals surface area contributed by atoms with Gasteiger partial charge in [0, 0.05) is 29.8 Å². The molecule has 0 radical (unpaired) electrons. The Bertz CT molecular complexity index is 1990. The van der Waals surface area contributed by atoms with Crippen LogP contribution in [0.1, 0.15) is 77.8 Å². The summed E-state index contributed by atoms with van der Waals surface area (Å²) in [4.78, 5) is 46.3. The Morgan fingerprint density at radius 3 is 1.43 bits per heavy atom. The Morgan fingerprint density at radius 1 is 0.639 bits per heavy atom. The van der Waals surface area contributed by atoms with Crippen LogP contribution < -0.4 is 20.1 Å². The topological polar surface area (TPSA) is 148 Å². The van der Waals surface area contributed by atoms with Crippen LogP contribution in [0.15, 0.2) is 72.8 Å². The molecule has 2 saturated carbocycles. The number of amides is 2. The van der Waals surface area contributed by atoms with Crippen LogP contribution in [0.4, 0.5) is 9.59 Å². The molecule has 2 amide bonds. The van der Waals surface area contributed by atoms with Gasteiger partial charge >= 0.3 is 24.1 Å². The number of nitrogens with one attached hydrogen (secondary N) is 2. The maximum atomic E-state index is 11.7. The van der Waals surface area contributed by atoms with E-state index in [9.17, 15) is 19.2 Å². The minimum absolute atomic E-state index is 0.00354. The van der Waals surface area contributed by atoms with Crippen molar-refractivity contribution in [3.05, 3.63) is 84.0 Å². The molecule has 324 valence electrons. The number of ether oxygens (including phenoxy) is 6. The van der Waals surface area contributed by atoms with Crippen molar-refractivity contribution in [2.75, 3.05) is 39.5 Å². The van der Waals surface area contributed by atoms with Gasteiger partial charge in [-0.05, 0) is 132 Å². The lowest BCUT2D eigenvalue weighted by molar-refractivity contribution is -0.143. The highest BCUT2D eigenvalue weighted by Gasteiger charge is 2.30. The summed E-state index contributed by atoms with van der Waals surface area (Å²) in [7, 11) is 0. The zero-order chi connectivity index (χ0) is 44.8. The first-order valence-corrected chi connectivity index (χ1v) is 20.2. The van der Waals surface area contributed by atoms with E-state index in [2.05, 4.69) is 71.2 Å². The smallest absolute Gasteiger partial charge is 0.407 e. The first kappa shape index (κ1) is 50.4. The van der Waals surface area contributed by atoms with E-state index in [1.165, 1.54) is 18.8 Å². The molecule has 2 bridgehead atoms. The summed E-state index contributed by atoms with van der Waals surface area (Å²) in [6, 6.07) is 14.4. The number of carbonyl (C=O) groups is 4. The quantitative estimate of drug-likeness (QED) is 0.0755. The molecule has 2 aromatic rings. The lowest BCUT2D eigenvalue weighted by Crippen LogP contribution is -2.35. The van der Waals surface area contributed by atoms with Crippen molar-refractivity contribution >= 4 is 24.1 Å². The van der Waals surface area contributed by atoms with Gasteiger partial charge in [0.15, 0.2) is 12.2 Å². The summed E-state index contributed by atoms with van der Waals surface area (Å²) < 4.78 is 31.7. The van der Waals surface area contributed by atoms with Gasteiger partial charge in [-0.15, -0.1) is 0 Å². The van der Waals surface area contributed by atoms with Crippen LogP contribution in [-0.4, -0.2) is 75.9 Å². The first-order chi connectivity index (χ1) is 29.3. The largest absolute Gasteiger partial charge is 0.490 e. The standard InChI is InChI=1S/C25H23NO5.C17H23NO5.C7H12/c1-5-7-8-9-10-11-12-13-21-14-16-22(17-15-21)29-18-23(31-25(28)26-6-2)19-30-24(27)20(3)4;1-5-18-17(20)23-15(11-22-16(19)12(2)3)10-21-14-8-6-13(4)7-9-14;1-2-7-4-3-6(1)5-7/h14-17,23H,3,6,18-19H2,1-2,4H3,(H,26,28);6-9,15H,2,5,10-11H2,1,3-4H3,(H,18,20);6-7H,1-5H2. The number of hydrogen-bond donors (Lipinski definition) is 2. The number of fused-ring (bicyclic) bond motifs is 2. The van der Waals surface area contributed by atoms with E-state index >= 15 is 0 Å². The fourth-order valence-corrected chi connectivity index (χ4v) is 5.60. The first-order valence-electron chi connectivity index (χ1n) is 20.2. The summed E-state index contributed by atoms with van der Waals surface area (Å²) in [6.07, 6.45) is 5.11. The lowest BCUT2D eigenvalue weighted by Gasteiger charge is -2.18. The van der Waals surface area contributed by atoms with Crippen molar-refractivity contribution in [2.45, 2.75) is 85.9 Å². The third-order valence-corrected chi connectivity index (χ3v) is 8.71. The van der Waals surface area contributed by atoms with Gasteiger partial charge in [0.1, 0.15) is 37.9 Å². The van der Waals surface area contributed by atoms with Crippen molar-refractivity contribution < 1.29 is 47.6 Å². The van der Waals surface area contributed by atoms with Gasteiger partial charge < -0.3 is 39.1 Å². The van der Waals surface area contributed by atoms with Crippen molar-refractivity contribution in [1.82, 2.24) is 10.6 Å². The van der Waals surface area contributed by atoms with E-state index in [1.807, 2.05) is 31.2 Å². The minimum atomic E-state index is -0.789. The van der Waals surface area contributed by atoms with Gasteiger partial charge in [-0.25, -0.2) is 19.2 Å². The number of aryl methyl sites for hydroxylation is 1. The van der Waals surface area contributed by atoms with E-state index in [4.69, 9.17) is 28.4 Å².